The summed E-state index contributed by atoms with van der Waals surface area (Å²) in [6, 6.07) is 8.65. The average Bonchev–Trinajstić information content (AvgIpc) is 2.67. The lowest BCUT2D eigenvalue weighted by atomic mass is 10.1. The van der Waals surface area contributed by atoms with Crippen molar-refractivity contribution in [2.45, 2.75) is 40.2 Å². The van der Waals surface area contributed by atoms with Crippen LogP contribution in [-0.2, 0) is 6.54 Å². The van der Waals surface area contributed by atoms with Gasteiger partial charge in [-0.25, -0.2) is 0 Å². The second-order valence-corrected chi connectivity index (χ2v) is 6.55. The number of nitrogens with one attached hydrogen (secondary N) is 2. The standard InChI is InChI=1S/C25H34N2/c1-6-8-9-10-18-27-22(5)25(7-2)17-19-26-20-24-15-13-23(14-16-24)12-11-21(3)4/h6,8-16,18,26-27H,1,3,7,17,19-20H2,2,4-5H3/b9-8-,12-11+,18-10+,25-22+. The molecule has 144 valence electrons. The van der Waals surface area contributed by atoms with Gasteiger partial charge in [0, 0.05) is 18.4 Å². The van der Waals surface area contributed by atoms with Crippen LogP contribution in [0.15, 0.2) is 90.8 Å². The summed E-state index contributed by atoms with van der Waals surface area (Å²) in [5, 5.41) is 6.89. The fourth-order valence-electron chi connectivity index (χ4n) is 2.56. The Bertz CT molecular complexity index is 700. The van der Waals surface area contributed by atoms with E-state index in [9.17, 15) is 0 Å². The van der Waals surface area contributed by atoms with Crippen LogP contribution in [0.2, 0.25) is 0 Å². The molecule has 0 aliphatic heterocycles. The first-order valence-electron chi connectivity index (χ1n) is 9.59. The predicted octanol–water partition coefficient (Wildman–Crippen LogP) is 6.29. The summed E-state index contributed by atoms with van der Waals surface area (Å²) in [4.78, 5) is 0. The van der Waals surface area contributed by atoms with E-state index in [1.54, 1.807) is 6.08 Å². The Morgan fingerprint density at radius 1 is 1.07 bits per heavy atom. The molecule has 0 aliphatic carbocycles. The number of hydrogen-bond acceptors (Lipinski definition) is 2. The molecule has 0 amide bonds. The molecule has 1 aromatic carbocycles. The van der Waals surface area contributed by atoms with Crippen molar-refractivity contribution in [2.24, 2.45) is 0 Å². The zero-order valence-electron chi connectivity index (χ0n) is 17.1. The molecule has 0 radical (unpaired) electrons. The average molecular weight is 363 g/mol. The topological polar surface area (TPSA) is 24.1 Å². The van der Waals surface area contributed by atoms with Crippen LogP contribution in [-0.4, -0.2) is 6.54 Å². The zero-order valence-corrected chi connectivity index (χ0v) is 17.1. The molecule has 1 rings (SSSR count). The van der Waals surface area contributed by atoms with Gasteiger partial charge in [-0.15, -0.1) is 0 Å². The van der Waals surface area contributed by atoms with Gasteiger partial charge >= 0.3 is 0 Å². The summed E-state index contributed by atoms with van der Waals surface area (Å²) in [5.41, 5.74) is 6.25. The number of hydrogen-bond donors (Lipinski definition) is 2. The Hall–Kier alpha value is -2.58. The van der Waals surface area contributed by atoms with Gasteiger partial charge in [0.15, 0.2) is 0 Å². The molecular weight excluding hydrogens is 328 g/mol. The summed E-state index contributed by atoms with van der Waals surface area (Å²) >= 11 is 0. The molecule has 0 unspecified atom stereocenters. The van der Waals surface area contributed by atoms with Gasteiger partial charge in [-0.3, -0.25) is 0 Å². The Morgan fingerprint density at radius 3 is 2.44 bits per heavy atom. The van der Waals surface area contributed by atoms with Crippen LogP contribution in [0.3, 0.4) is 0 Å². The first-order valence-corrected chi connectivity index (χ1v) is 9.59. The minimum atomic E-state index is 0.889. The van der Waals surface area contributed by atoms with Gasteiger partial charge in [0.25, 0.3) is 0 Å². The van der Waals surface area contributed by atoms with Crippen molar-refractivity contribution in [3.63, 3.8) is 0 Å². The molecule has 1 aromatic rings. The largest absolute Gasteiger partial charge is 0.365 e. The third-order valence-electron chi connectivity index (χ3n) is 4.18. The molecule has 0 spiro atoms. The SMILES string of the molecule is C=C/C=C\C=C\N/C(C)=C(\CC)CCNCc1ccc(/C=C/C(=C)C)cc1. The summed E-state index contributed by atoms with van der Waals surface area (Å²) in [6.45, 7) is 15.7. The molecule has 0 saturated heterocycles. The Balaban J connectivity index is 2.43. The molecule has 0 heterocycles. The van der Waals surface area contributed by atoms with Crippen LogP contribution in [0, 0.1) is 0 Å². The van der Waals surface area contributed by atoms with Crippen molar-refractivity contribution >= 4 is 6.08 Å². The van der Waals surface area contributed by atoms with Gasteiger partial charge in [0.2, 0.25) is 0 Å². The van der Waals surface area contributed by atoms with Crippen molar-refractivity contribution in [1.29, 1.82) is 0 Å². The van der Waals surface area contributed by atoms with E-state index in [1.807, 2.05) is 37.4 Å². The maximum absolute atomic E-state index is 3.88. The van der Waals surface area contributed by atoms with Gasteiger partial charge in [-0.1, -0.05) is 85.9 Å². The molecule has 0 saturated carbocycles. The molecular formula is C25H34N2. The molecule has 0 aromatic heterocycles. The zero-order chi connectivity index (χ0) is 19.9. The highest BCUT2D eigenvalue weighted by Crippen LogP contribution is 2.11. The van der Waals surface area contributed by atoms with Crippen molar-refractivity contribution in [2.75, 3.05) is 6.54 Å². The van der Waals surface area contributed by atoms with E-state index < -0.39 is 0 Å². The maximum Gasteiger partial charge on any atom is 0.0205 e. The van der Waals surface area contributed by atoms with Crippen LogP contribution in [0.4, 0.5) is 0 Å². The molecule has 2 N–H and O–H groups in total. The first-order chi connectivity index (χ1) is 13.1. The lowest BCUT2D eigenvalue weighted by Gasteiger charge is -2.11. The minimum Gasteiger partial charge on any atom is -0.365 e. The summed E-state index contributed by atoms with van der Waals surface area (Å²) in [6.07, 6.45) is 15.8. The van der Waals surface area contributed by atoms with E-state index in [0.29, 0.717) is 0 Å². The molecule has 27 heavy (non-hydrogen) atoms. The summed E-state index contributed by atoms with van der Waals surface area (Å²) in [5.74, 6) is 0. The molecule has 0 bridgehead atoms. The van der Waals surface area contributed by atoms with E-state index in [4.69, 9.17) is 0 Å². The lowest BCUT2D eigenvalue weighted by Crippen LogP contribution is -2.16. The second kappa shape index (κ2) is 13.6. The third kappa shape index (κ3) is 10.2. The maximum atomic E-state index is 3.88. The lowest BCUT2D eigenvalue weighted by molar-refractivity contribution is 0.670. The monoisotopic (exact) mass is 362 g/mol. The second-order valence-electron chi connectivity index (χ2n) is 6.55. The van der Waals surface area contributed by atoms with Crippen LogP contribution in [0.5, 0.6) is 0 Å². The van der Waals surface area contributed by atoms with Crippen LogP contribution >= 0.6 is 0 Å². The third-order valence-corrected chi connectivity index (χ3v) is 4.18. The highest BCUT2D eigenvalue weighted by atomic mass is 14.9. The van der Waals surface area contributed by atoms with Crippen LogP contribution < -0.4 is 10.6 Å². The van der Waals surface area contributed by atoms with Crippen molar-refractivity contribution in [1.82, 2.24) is 10.6 Å². The van der Waals surface area contributed by atoms with Crippen molar-refractivity contribution in [3.8, 4) is 0 Å². The van der Waals surface area contributed by atoms with E-state index in [2.05, 4.69) is 68.0 Å². The van der Waals surface area contributed by atoms with Gasteiger partial charge in [-0.2, -0.15) is 0 Å². The molecule has 0 atom stereocenters. The van der Waals surface area contributed by atoms with E-state index >= 15 is 0 Å². The van der Waals surface area contributed by atoms with Crippen molar-refractivity contribution in [3.05, 3.63) is 102 Å². The fraction of sp³-hybridized carbons (Fsp3) is 0.280. The number of allylic oxidation sites excluding steroid dienone is 7. The van der Waals surface area contributed by atoms with Gasteiger partial charge in [0.1, 0.15) is 0 Å². The smallest absolute Gasteiger partial charge is 0.0205 e. The summed E-state index contributed by atoms with van der Waals surface area (Å²) in [7, 11) is 0. The van der Waals surface area contributed by atoms with Crippen molar-refractivity contribution < 1.29 is 0 Å². The van der Waals surface area contributed by atoms with Gasteiger partial charge < -0.3 is 10.6 Å². The highest BCUT2D eigenvalue weighted by molar-refractivity contribution is 5.52. The Labute approximate surface area is 165 Å². The molecule has 2 nitrogen and oxygen atoms in total. The predicted molar refractivity (Wildman–Crippen MR) is 121 cm³/mol. The molecule has 0 aliphatic rings. The molecule has 2 heteroatoms. The minimum absolute atomic E-state index is 0.889. The Morgan fingerprint density at radius 2 is 1.81 bits per heavy atom. The number of benzene rings is 1. The summed E-state index contributed by atoms with van der Waals surface area (Å²) < 4.78 is 0. The van der Waals surface area contributed by atoms with E-state index in [-0.39, 0.29) is 0 Å². The van der Waals surface area contributed by atoms with Gasteiger partial charge in [-0.05, 0) is 50.4 Å². The van der Waals surface area contributed by atoms with E-state index in [0.717, 1.165) is 31.5 Å². The number of rotatable bonds is 12. The normalized spacial score (nSPS) is 12.7. The van der Waals surface area contributed by atoms with Crippen LogP contribution in [0.25, 0.3) is 6.08 Å². The highest BCUT2D eigenvalue weighted by Gasteiger charge is 2.00. The van der Waals surface area contributed by atoms with Gasteiger partial charge in [0.05, 0.1) is 0 Å². The quantitative estimate of drug-likeness (QED) is 0.337. The molecule has 0 fully saturated rings. The first kappa shape index (κ1) is 22.5. The fourth-order valence-corrected chi connectivity index (χ4v) is 2.56. The van der Waals surface area contributed by atoms with E-state index in [1.165, 1.54) is 22.4 Å². The Kier molecular flexibility index (Phi) is 11.3. The van der Waals surface area contributed by atoms with Crippen LogP contribution in [0.1, 0.15) is 44.7 Å².